The fraction of sp³-hybridized carbons (Fsp3) is 0.312. The Morgan fingerprint density at radius 3 is 2.33 bits per heavy atom. The van der Waals surface area contributed by atoms with Gasteiger partial charge in [-0.3, -0.25) is 0 Å². The first-order valence-electron chi connectivity index (χ1n) is 6.77. The van der Waals surface area contributed by atoms with Gasteiger partial charge in [-0.15, -0.1) is 0 Å². The molecule has 0 atom stereocenters. The maximum absolute atomic E-state index is 5.98. The van der Waals surface area contributed by atoms with Crippen LogP contribution in [0.3, 0.4) is 0 Å². The van der Waals surface area contributed by atoms with E-state index in [1.165, 1.54) is 0 Å². The highest BCUT2D eigenvalue weighted by atomic mass is 35.5. The first-order valence-corrected chi connectivity index (χ1v) is 7.53. The summed E-state index contributed by atoms with van der Waals surface area (Å²) in [6.07, 6.45) is 0. The minimum absolute atomic E-state index is 0.326. The molecule has 2 aromatic rings. The Labute approximate surface area is 135 Å². The number of nitrogens with one attached hydrogen (secondary N) is 1. The van der Waals surface area contributed by atoms with E-state index in [-0.39, 0.29) is 0 Å². The third-order valence-electron chi connectivity index (χ3n) is 2.91. The van der Waals surface area contributed by atoms with E-state index < -0.39 is 0 Å². The van der Waals surface area contributed by atoms with Crippen molar-refractivity contribution in [3.63, 3.8) is 0 Å². The van der Waals surface area contributed by atoms with Gasteiger partial charge in [-0.2, -0.15) is 0 Å². The molecule has 0 aliphatic heterocycles. The molecule has 1 N–H and O–H groups in total. The molecule has 0 spiro atoms. The molecule has 1 aromatic carbocycles. The fourth-order valence-corrected chi connectivity index (χ4v) is 2.45. The third kappa shape index (κ3) is 4.60. The van der Waals surface area contributed by atoms with Gasteiger partial charge in [0.05, 0.1) is 0 Å². The molecule has 5 heteroatoms. The summed E-state index contributed by atoms with van der Waals surface area (Å²) >= 11 is 12.0. The zero-order valence-electron chi connectivity index (χ0n) is 12.3. The van der Waals surface area contributed by atoms with E-state index in [1.54, 1.807) is 18.2 Å². The average molecular weight is 325 g/mol. The Bertz CT molecular complexity index is 609. The van der Waals surface area contributed by atoms with Gasteiger partial charge in [0.25, 0.3) is 0 Å². The smallest absolute Gasteiger partial charge is 0.219 e. The molecule has 0 unspecified atom stereocenters. The van der Waals surface area contributed by atoms with Crippen molar-refractivity contribution in [2.24, 2.45) is 0 Å². The summed E-state index contributed by atoms with van der Waals surface area (Å²) in [5, 5.41) is 4.20. The summed E-state index contributed by atoms with van der Waals surface area (Å²) in [6.45, 7) is 4.96. The zero-order chi connectivity index (χ0) is 15.4. The van der Waals surface area contributed by atoms with E-state index >= 15 is 0 Å². The van der Waals surface area contributed by atoms with Crippen LogP contribution in [0.2, 0.25) is 10.0 Å². The topological polar surface area (TPSA) is 34.1 Å². The van der Waals surface area contributed by atoms with Gasteiger partial charge in [-0.05, 0) is 42.8 Å². The van der Waals surface area contributed by atoms with Gasteiger partial charge in [-0.1, -0.05) is 37.0 Å². The predicted octanol–water partition coefficient (Wildman–Crippen LogP) is 5.02. The molecule has 21 heavy (non-hydrogen) atoms. The Balaban J connectivity index is 2.33. The van der Waals surface area contributed by atoms with Crippen molar-refractivity contribution in [3.8, 4) is 11.6 Å². The van der Waals surface area contributed by atoms with Gasteiger partial charge < -0.3 is 10.1 Å². The Morgan fingerprint density at radius 2 is 1.76 bits per heavy atom. The molecule has 0 radical (unpaired) electrons. The molecule has 0 aliphatic rings. The van der Waals surface area contributed by atoms with Crippen LogP contribution in [-0.2, 0) is 6.54 Å². The first-order chi connectivity index (χ1) is 9.97. The van der Waals surface area contributed by atoms with Crippen LogP contribution in [0.15, 0.2) is 30.3 Å². The van der Waals surface area contributed by atoms with Crippen LogP contribution in [0, 0.1) is 0 Å². The van der Waals surface area contributed by atoms with Gasteiger partial charge in [0, 0.05) is 28.4 Å². The average Bonchev–Trinajstić information content (AvgIpc) is 2.37. The molecule has 112 valence electrons. The molecule has 0 saturated heterocycles. The number of ether oxygens (including phenoxy) is 1. The van der Waals surface area contributed by atoms with Crippen molar-refractivity contribution in [1.29, 1.82) is 0 Å². The van der Waals surface area contributed by atoms with Crippen LogP contribution in [0.1, 0.15) is 31.0 Å². The first kappa shape index (κ1) is 16.1. The third-order valence-corrected chi connectivity index (χ3v) is 3.35. The summed E-state index contributed by atoms with van der Waals surface area (Å²) in [5.41, 5.74) is 2.12. The van der Waals surface area contributed by atoms with Crippen LogP contribution >= 0.6 is 23.2 Å². The van der Waals surface area contributed by atoms with Crippen LogP contribution in [0.4, 0.5) is 0 Å². The summed E-state index contributed by atoms with van der Waals surface area (Å²) in [4.78, 5) is 4.53. The van der Waals surface area contributed by atoms with Gasteiger partial charge in [-0.25, -0.2) is 4.98 Å². The lowest BCUT2D eigenvalue weighted by molar-refractivity contribution is 0.458. The normalized spacial score (nSPS) is 11.0. The standard InChI is InChI=1S/C16H18Cl2N2O/c1-10(2)15-4-11(9-19-3)5-16(20-15)21-14-7-12(17)6-13(18)8-14/h4-8,10,19H,9H2,1-3H3. The second-order valence-electron chi connectivity index (χ2n) is 5.13. The SMILES string of the molecule is CNCc1cc(Oc2cc(Cl)cc(Cl)c2)nc(C(C)C)c1. The largest absolute Gasteiger partial charge is 0.439 e. The van der Waals surface area contributed by atoms with E-state index in [2.05, 4.69) is 30.2 Å². The van der Waals surface area contributed by atoms with E-state index in [0.29, 0.717) is 27.6 Å². The van der Waals surface area contributed by atoms with Crippen LogP contribution in [0.5, 0.6) is 11.6 Å². The van der Waals surface area contributed by atoms with Crippen molar-refractivity contribution < 1.29 is 4.74 Å². The molecule has 1 heterocycles. The van der Waals surface area contributed by atoms with Crippen molar-refractivity contribution in [2.75, 3.05) is 7.05 Å². The zero-order valence-corrected chi connectivity index (χ0v) is 13.8. The Hall–Kier alpha value is -1.29. The van der Waals surface area contributed by atoms with E-state index in [4.69, 9.17) is 27.9 Å². The molecule has 0 bridgehead atoms. The van der Waals surface area contributed by atoms with Crippen molar-refractivity contribution in [2.45, 2.75) is 26.3 Å². The molecule has 0 amide bonds. The van der Waals surface area contributed by atoms with Crippen molar-refractivity contribution >= 4 is 23.2 Å². The Morgan fingerprint density at radius 1 is 1.10 bits per heavy atom. The number of aromatic nitrogens is 1. The number of rotatable bonds is 5. The summed E-state index contributed by atoms with van der Waals surface area (Å²) in [6, 6.07) is 9.10. The Kier molecular flexibility index (Phi) is 5.45. The molecule has 1 aromatic heterocycles. The lowest BCUT2D eigenvalue weighted by atomic mass is 10.1. The maximum Gasteiger partial charge on any atom is 0.219 e. The monoisotopic (exact) mass is 324 g/mol. The maximum atomic E-state index is 5.98. The second-order valence-corrected chi connectivity index (χ2v) is 6.00. The van der Waals surface area contributed by atoms with Crippen LogP contribution in [0.25, 0.3) is 0 Å². The number of nitrogens with zero attached hydrogens (tertiary/aromatic N) is 1. The molecule has 0 fully saturated rings. The van der Waals surface area contributed by atoms with E-state index in [1.807, 2.05) is 13.1 Å². The molecule has 3 nitrogen and oxygen atoms in total. The lowest BCUT2D eigenvalue weighted by Crippen LogP contribution is -2.07. The number of hydrogen-bond donors (Lipinski definition) is 1. The van der Waals surface area contributed by atoms with E-state index in [9.17, 15) is 0 Å². The van der Waals surface area contributed by atoms with Crippen molar-refractivity contribution in [1.82, 2.24) is 10.3 Å². The summed E-state index contributed by atoms with van der Waals surface area (Å²) in [7, 11) is 1.91. The van der Waals surface area contributed by atoms with Gasteiger partial charge in [0.1, 0.15) is 5.75 Å². The highest BCUT2D eigenvalue weighted by Crippen LogP contribution is 2.29. The number of benzene rings is 1. The number of halogens is 2. The molecule has 2 rings (SSSR count). The lowest BCUT2D eigenvalue weighted by Gasteiger charge is -2.12. The quantitative estimate of drug-likeness (QED) is 0.838. The minimum atomic E-state index is 0.326. The van der Waals surface area contributed by atoms with Crippen LogP contribution in [-0.4, -0.2) is 12.0 Å². The fourth-order valence-electron chi connectivity index (χ4n) is 1.94. The van der Waals surface area contributed by atoms with Gasteiger partial charge >= 0.3 is 0 Å². The van der Waals surface area contributed by atoms with Gasteiger partial charge in [0.2, 0.25) is 5.88 Å². The number of pyridine rings is 1. The highest BCUT2D eigenvalue weighted by molar-refractivity contribution is 6.34. The second kappa shape index (κ2) is 7.12. The predicted molar refractivity (Wildman–Crippen MR) is 87.6 cm³/mol. The van der Waals surface area contributed by atoms with Gasteiger partial charge in [0.15, 0.2) is 0 Å². The molecular weight excluding hydrogens is 307 g/mol. The number of hydrogen-bond acceptors (Lipinski definition) is 3. The minimum Gasteiger partial charge on any atom is -0.439 e. The molecular formula is C16H18Cl2N2O. The highest BCUT2D eigenvalue weighted by Gasteiger charge is 2.09. The molecule has 0 saturated carbocycles. The van der Waals surface area contributed by atoms with Crippen LogP contribution < -0.4 is 10.1 Å². The molecule has 0 aliphatic carbocycles. The summed E-state index contributed by atoms with van der Waals surface area (Å²) < 4.78 is 5.81. The summed E-state index contributed by atoms with van der Waals surface area (Å²) in [5.74, 6) is 1.45. The van der Waals surface area contributed by atoms with Crippen molar-refractivity contribution in [3.05, 3.63) is 51.6 Å². The van der Waals surface area contributed by atoms with E-state index in [0.717, 1.165) is 17.8 Å².